The normalized spacial score (nSPS) is 17.8. The molecule has 3 rings (SSSR count). The minimum Gasteiger partial charge on any atom is -0.497 e. The molecule has 0 aliphatic carbocycles. The van der Waals surface area contributed by atoms with Gasteiger partial charge < -0.3 is 20.5 Å². The molecule has 1 aliphatic heterocycles. The SMILES string of the molecule is COc1ccc(S(=O)(=O)N(CC(C)C)C[C@@H](O)[C@H](Cc2ccccc2)NC(=O)C[C@@H]2CCNC2)cc1. The number of sulfonamides is 1. The molecule has 0 unspecified atom stereocenters. The van der Waals surface area contributed by atoms with E-state index in [1.54, 1.807) is 12.1 Å². The molecule has 0 saturated carbocycles. The van der Waals surface area contributed by atoms with E-state index in [1.165, 1.54) is 23.5 Å². The van der Waals surface area contributed by atoms with E-state index in [1.807, 2.05) is 44.2 Å². The van der Waals surface area contributed by atoms with Crippen LogP contribution in [0, 0.1) is 11.8 Å². The third kappa shape index (κ3) is 8.03. The summed E-state index contributed by atoms with van der Waals surface area (Å²) in [5.74, 6) is 0.749. The van der Waals surface area contributed by atoms with Crippen LogP contribution in [0.4, 0.5) is 0 Å². The number of amides is 1. The Kier molecular flexibility index (Phi) is 10.3. The lowest BCUT2D eigenvalue weighted by Gasteiger charge is -2.31. The first-order valence-electron chi connectivity index (χ1n) is 12.5. The van der Waals surface area contributed by atoms with Crippen molar-refractivity contribution >= 4 is 15.9 Å². The molecule has 3 N–H and O–H groups in total. The van der Waals surface area contributed by atoms with Crippen LogP contribution in [0.3, 0.4) is 0 Å². The zero-order valence-electron chi connectivity index (χ0n) is 21.4. The summed E-state index contributed by atoms with van der Waals surface area (Å²) in [6, 6.07) is 15.2. The van der Waals surface area contributed by atoms with Crippen molar-refractivity contribution in [3.63, 3.8) is 0 Å². The van der Waals surface area contributed by atoms with Gasteiger partial charge in [0.1, 0.15) is 5.75 Å². The van der Waals surface area contributed by atoms with Gasteiger partial charge in [-0.2, -0.15) is 4.31 Å². The van der Waals surface area contributed by atoms with Gasteiger partial charge in [-0.15, -0.1) is 0 Å². The average Bonchev–Trinajstić information content (AvgIpc) is 3.36. The lowest BCUT2D eigenvalue weighted by Crippen LogP contribution is -2.51. The van der Waals surface area contributed by atoms with Gasteiger partial charge in [0.2, 0.25) is 15.9 Å². The molecule has 1 saturated heterocycles. The van der Waals surface area contributed by atoms with E-state index in [2.05, 4.69) is 10.6 Å². The van der Waals surface area contributed by atoms with Crippen molar-refractivity contribution in [2.45, 2.75) is 50.2 Å². The quantitative estimate of drug-likeness (QED) is 0.377. The second-order valence-corrected chi connectivity index (χ2v) is 11.8. The smallest absolute Gasteiger partial charge is 0.243 e. The molecule has 2 aromatic carbocycles. The molecule has 8 nitrogen and oxygen atoms in total. The number of hydrogen-bond acceptors (Lipinski definition) is 6. The Bertz CT molecular complexity index is 1050. The Balaban J connectivity index is 1.80. The highest BCUT2D eigenvalue weighted by atomic mass is 32.2. The highest BCUT2D eigenvalue weighted by molar-refractivity contribution is 7.89. The third-order valence-corrected chi connectivity index (χ3v) is 8.25. The summed E-state index contributed by atoms with van der Waals surface area (Å²) in [7, 11) is -2.35. The number of ether oxygens (including phenoxy) is 1. The predicted molar refractivity (Wildman–Crippen MR) is 140 cm³/mol. The van der Waals surface area contributed by atoms with E-state index < -0.39 is 22.2 Å². The van der Waals surface area contributed by atoms with Gasteiger partial charge in [0.15, 0.2) is 0 Å². The summed E-state index contributed by atoms with van der Waals surface area (Å²) >= 11 is 0. The fraction of sp³-hybridized carbons (Fsp3) is 0.519. The van der Waals surface area contributed by atoms with Crippen LogP contribution in [0.5, 0.6) is 5.75 Å². The van der Waals surface area contributed by atoms with Crippen LogP contribution in [0.15, 0.2) is 59.5 Å². The van der Waals surface area contributed by atoms with Crippen LogP contribution in [-0.2, 0) is 21.2 Å². The Morgan fingerprint density at radius 2 is 1.83 bits per heavy atom. The van der Waals surface area contributed by atoms with Crippen LogP contribution in [-0.4, -0.2) is 69.2 Å². The number of carbonyl (C=O) groups is 1. The third-order valence-electron chi connectivity index (χ3n) is 6.40. The Morgan fingerprint density at radius 1 is 1.14 bits per heavy atom. The number of aliphatic hydroxyl groups is 1. The summed E-state index contributed by atoms with van der Waals surface area (Å²) in [4.78, 5) is 13.0. The second-order valence-electron chi connectivity index (χ2n) is 9.89. The maximum Gasteiger partial charge on any atom is 0.243 e. The molecule has 2 aromatic rings. The maximum atomic E-state index is 13.5. The van der Waals surface area contributed by atoms with E-state index in [0.717, 1.165) is 25.1 Å². The van der Waals surface area contributed by atoms with Crippen LogP contribution < -0.4 is 15.4 Å². The molecule has 0 radical (unpaired) electrons. The number of rotatable bonds is 13. The number of nitrogens with one attached hydrogen (secondary N) is 2. The lowest BCUT2D eigenvalue weighted by molar-refractivity contribution is -0.123. The van der Waals surface area contributed by atoms with Gasteiger partial charge >= 0.3 is 0 Å². The van der Waals surface area contributed by atoms with Crippen LogP contribution in [0.25, 0.3) is 0 Å². The van der Waals surface area contributed by atoms with E-state index in [0.29, 0.717) is 18.6 Å². The van der Waals surface area contributed by atoms with Gasteiger partial charge in [-0.3, -0.25) is 4.79 Å². The molecule has 36 heavy (non-hydrogen) atoms. The van der Waals surface area contributed by atoms with Crippen molar-refractivity contribution in [3.05, 3.63) is 60.2 Å². The fourth-order valence-corrected chi connectivity index (χ4v) is 6.10. The van der Waals surface area contributed by atoms with Crippen molar-refractivity contribution in [3.8, 4) is 5.75 Å². The molecule has 0 bridgehead atoms. The van der Waals surface area contributed by atoms with Crippen LogP contribution in [0.1, 0.15) is 32.3 Å². The number of benzene rings is 2. The molecule has 9 heteroatoms. The van der Waals surface area contributed by atoms with Gasteiger partial charge in [0, 0.05) is 19.5 Å². The first kappa shape index (κ1) is 28.1. The van der Waals surface area contributed by atoms with Crippen LogP contribution >= 0.6 is 0 Å². The molecular weight excluding hydrogens is 478 g/mol. The average molecular weight is 518 g/mol. The van der Waals surface area contributed by atoms with E-state index >= 15 is 0 Å². The highest BCUT2D eigenvalue weighted by Gasteiger charge is 2.31. The lowest BCUT2D eigenvalue weighted by atomic mass is 9.99. The van der Waals surface area contributed by atoms with E-state index in [9.17, 15) is 18.3 Å². The summed E-state index contributed by atoms with van der Waals surface area (Å²) in [5.41, 5.74) is 0.956. The second kappa shape index (κ2) is 13.2. The predicted octanol–water partition coefficient (Wildman–Crippen LogP) is 2.43. The molecule has 1 amide bonds. The first-order chi connectivity index (χ1) is 17.2. The monoisotopic (exact) mass is 517 g/mol. The number of nitrogens with zero attached hydrogens (tertiary/aromatic N) is 1. The van der Waals surface area contributed by atoms with E-state index in [-0.39, 0.29) is 35.7 Å². The Hall–Kier alpha value is -2.46. The largest absolute Gasteiger partial charge is 0.497 e. The molecule has 1 aliphatic rings. The highest BCUT2D eigenvalue weighted by Crippen LogP contribution is 2.22. The minimum absolute atomic E-state index is 0.0438. The topological polar surface area (TPSA) is 108 Å². The molecule has 1 fully saturated rings. The first-order valence-corrected chi connectivity index (χ1v) is 14.0. The summed E-state index contributed by atoms with van der Waals surface area (Å²) in [6.07, 6.45) is 0.629. The van der Waals surface area contributed by atoms with Gasteiger partial charge in [0.05, 0.1) is 24.2 Å². The molecule has 3 atom stereocenters. The zero-order chi connectivity index (χ0) is 26.1. The maximum absolute atomic E-state index is 13.5. The van der Waals surface area contributed by atoms with Crippen molar-refractivity contribution in [2.75, 3.05) is 33.3 Å². The van der Waals surface area contributed by atoms with Crippen molar-refractivity contribution < 1.29 is 23.1 Å². The number of aliphatic hydroxyl groups excluding tert-OH is 1. The standard InChI is InChI=1S/C27H39N3O5S/c1-20(2)18-30(36(33,34)24-11-9-23(35-3)10-12-24)19-26(31)25(15-21-7-5-4-6-8-21)29-27(32)16-22-13-14-28-17-22/h4-12,20,22,25-26,28,31H,13-19H2,1-3H3,(H,29,32)/t22-,25-,26+/m0/s1. The Labute approximate surface area is 215 Å². The molecule has 198 valence electrons. The summed E-state index contributed by atoms with van der Waals surface area (Å²) in [5, 5.41) is 17.6. The van der Waals surface area contributed by atoms with E-state index in [4.69, 9.17) is 4.74 Å². The minimum atomic E-state index is -3.87. The van der Waals surface area contributed by atoms with Gasteiger partial charge in [0.25, 0.3) is 0 Å². The molecule has 0 aromatic heterocycles. The van der Waals surface area contributed by atoms with Gasteiger partial charge in [-0.25, -0.2) is 8.42 Å². The number of carbonyl (C=O) groups excluding carboxylic acids is 1. The van der Waals surface area contributed by atoms with Crippen molar-refractivity contribution in [2.24, 2.45) is 11.8 Å². The number of hydrogen-bond donors (Lipinski definition) is 3. The molecular formula is C27H39N3O5S. The van der Waals surface area contributed by atoms with Gasteiger partial charge in [-0.1, -0.05) is 44.2 Å². The molecule has 1 heterocycles. The van der Waals surface area contributed by atoms with Gasteiger partial charge in [-0.05, 0) is 67.6 Å². The van der Waals surface area contributed by atoms with Crippen molar-refractivity contribution in [1.29, 1.82) is 0 Å². The summed E-state index contributed by atoms with van der Waals surface area (Å²) < 4.78 is 33.5. The molecule has 0 spiro atoms. The summed E-state index contributed by atoms with van der Waals surface area (Å²) in [6.45, 7) is 5.69. The van der Waals surface area contributed by atoms with Crippen molar-refractivity contribution in [1.82, 2.24) is 14.9 Å². The fourth-order valence-electron chi connectivity index (χ4n) is 4.48. The Morgan fingerprint density at radius 3 is 2.42 bits per heavy atom. The zero-order valence-corrected chi connectivity index (χ0v) is 22.2. The number of methoxy groups -OCH3 is 1. The van der Waals surface area contributed by atoms with Crippen LogP contribution in [0.2, 0.25) is 0 Å².